The Hall–Kier alpha value is -3.28. The van der Waals surface area contributed by atoms with Crippen molar-refractivity contribution in [1.29, 1.82) is 5.26 Å². The van der Waals surface area contributed by atoms with Crippen LogP contribution in [-0.4, -0.2) is 35.9 Å². The van der Waals surface area contributed by atoms with Crippen molar-refractivity contribution < 1.29 is 14.3 Å². The molecule has 2 aromatic carbocycles. The van der Waals surface area contributed by atoms with Crippen LogP contribution >= 0.6 is 11.3 Å². The molecule has 0 bridgehead atoms. The molecule has 3 aromatic rings. The lowest BCUT2D eigenvalue weighted by molar-refractivity contribution is -0.125. The molecular formula is C24H24N4O3S. The summed E-state index contributed by atoms with van der Waals surface area (Å²) >= 11 is 1.49. The molecule has 0 fully saturated rings. The summed E-state index contributed by atoms with van der Waals surface area (Å²) in [6.07, 6.45) is 1.69. The minimum absolute atomic E-state index is 0.00985. The third-order valence-electron chi connectivity index (χ3n) is 5.25. The Balaban J connectivity index is 1.61. The van der Waals surface area contributed by atoms with Crippen LogP contribution in [0.4, 0.5) is 0 Å². The smallest absolute Gasteiger partial charge is 0.246 e. The van der Waals surface area contributed by atoms with Crippen LogP contribution in [0.25, 0.3) is 21.1 Å². The van der Waals surface area contributed by atoms with Gasteiger partial charge in [-0.15, -0.1) is 10.2 Å². The van der Waals surface area contributed by atoms with E-state index in [1.807, 2.05) is 38.1 Å². The number of ether oxygens (including phenoxy) is 2. The van der Waals surface area contributed by atoms with Gasteiger partial charge in [0, 0.05) is 18.2 Å². The summed E-state index contributed by atoms with van der Waals surface area (Å²) in [4.78, 5) is 12.0. The Bertz CT molecular complexity index is 1180. The first-order valence-electron chi connectivity index (χ1n) is 10.4. The highest BCUT2D eigenvalue weighted by molar-refractivity contribution is 7.17. The van der Waals surface area contributed by atoms with Crippen LogP contribution in [0, 0.1) is 11.3 Å². The fourth-order valence-electron chi connectivity index (χ4n) is 3.93. The van der Waals surface area contributed by atoms with Gasteiger partial charge in [-0.05, 0) is 56.0 Å². The van der Waals surface area contributed by atoms with E-state index < -0.39 is 0 Å². The van der Waals surface area contributed by atoms with Crippen molar-refractivity contribution in [3.63, 3.8) is 0 Å². The molecule has 1 N–H and O–H groups in total. The zero-order valence-electron chi connectivity index (χ0n) is 18.2. The topological polar surface area (TPSA) is 97.1 Å². The minimum Gasteiger partial charge on any atom is -0.490 e. The maximum Gasteiger partial charge on any atom is 0.246 e. The van der Waals surface area contributed by atoms with Gasteiger partial charge in [0.05, 0.1) is 17.7 Å². The monoisotopic (exact) mass is 448 g/mol. The van der Waals surface area contributed by atoms with Crippen LogP contribution in [-0.2, 0) is 16.0 Å². The maximum absolute atomic E-state index is 12.0. The summed E-state index contributed by atoms with van der Waals surface area (Å²) in [6.45, 7) is 3.91. The van der Waals surface area contributed by atoms with E-state index in [4.69, 9.17) is 9.47 Å². The standard InChI is InChI=1S/C24H24N4O3S/c1-14(2)31-21-10-7-15(11-16(21)12-25)23-27-28-24(32-23)19-6-4-5-18-17(19)8-9-20(18)26-22(29)13-30-3/h4-7,10-11,14,20H,8-9,13H2,1-3H3,(H,26,29)/t20-/m1/s1. The quantitative estimate of drug-likeness (QED) is 0.579. The van der Waals surface area contributed by atoms with Crippen molar-refractivity contribution in [3.8, 4) is 33.0 Å². The molecular weight excluding hydrogens is 424 g/mol. The van der Waals surface area contributed by atoms with E-state index in [0.29, 0.717) is 11.3 Å². The molecule has 7 nitrogen and oxygen atoms in total. The van der Waals surface area contributed by atoms with Gasteiger partial charge in [0.15, 0.2) is 0 Å². The van der Waals surface area contributed by atoms with Gasteiger partial charge < -0.3 is 14.8 Å². The van der Waals surface area contributed by atoms with Crippen molar-refractivity contribution in [1.82, 2.24) is 15.5 Å². The Kier molecular flexibility index (Phi) is 6.49. The highest BCUT2D eigenvalue weighted by atomic mass is 32.1. The molecule has 1 atom stereocenters. The summed E-state index contributed by atoms with van der Waals surface area (Å²) < 4.78 is 10.6. The van der Waals surface area contributed by atoms with E-state index in [0.717, 1.165) is 39.5 Å². The third-order valence-corrected chi connectivity index (χ3v) is 6.25. The summed E-state index contributed by atoms with van der Waals surface area (Å²) in [6, 6.07) is 13.8. The predicted molar refractivity (Wildman–Crippen MR) is 122 cm³/mol. The molecule has 1 aliphatic rings. The molecule has 1 heterocycles. The van der Waals surface area contributed by atoms with E-state index in [-0.39, 0.29) is 24.7 Å². The van der Waals surface area contributed by atoms with Gasteiger partial charge in [0.2, 0.25) is 5.91 Å². The number of hydrogen-bond acceptors (Lipinski definition) is 7. The van der Waals surface area contributed by atoms with Gasteiger partial charge in [-0.2, -0.15) is 5.26 Å². The number of nitrogens with zero attached hydrogens (tertiary/aromatic N) is 3. The molecule has 1 amide bonds. The van der Waals surface area contributed by atoms with Crippen molar-refractivity contribution in [3.05, 3.63) is 53.1 Å². The highest BCUT2D eigenvalue weighted by Gasteiger charge is 2.27. The lowest BCUT2D eigenvalue weighted by Gasteiger charge is -2.14. The van der Waals surface area contributed by atoms with Crippen molar-refractivity contribution >= 4 is 17.2 Å². The van der Waals surface area contributed by atoms with Crippen molar-refractivity contribution in [2.75, 3.05) is 13.7 Å². The third kappa shape index (κ3) is 4.49. The van der Waals surface area contributed by atoms with Gasteiger partial charge in [0.1, 0.15) is 28.4 Å². The van der Waals surface area contributed by atoms with Crippen molar-refractivity contribution in [2.24, 2.45) is 0 Å². The van der Waals surface area contributed by atoms with E-state index in [1.54, 1.807) is 6.07 Å². The Morgan fingerprint density at radius 2 is 2.09 bits per heavy atom. The highest BCUT2D eigenvalue weighted by Crippen LogP contribution is 2.40. The molecule has 0 saturated heterocycles. The zero-order chi connectivity index (χ0) is 22.7. The van der Waals surface area contributed by atoms with Crippen LogP contribution < -0.4 is 10.1 Å². The number of fused-ring (bicyclic) bond motifs is 1. The molecule has 0 saturated carbocycles. The number of rotatable bonds is 7. The number of nitriles is 1. The van der Waals surface area contributed by atoms with Crippen LogP contribution in [0.2, 0.25) is 0 Å². The number of aromatic nitrogens is 2. The van der Waals surface area contributed by atoms with Gasteiger partial charge in [-0.25, -0.2) is 0 Å². The average molecular weight is 449 g/mol. The lowest BCUT2D eigenvalue weighted by atomic mass is 10.0. The number of nitrogens with one attached hydrogen (secondary N) is 1. The molecule has 164 valence electrons. The normalized spacial score (nSPS) is 14.8. The largest absolute Gasteiger partial charge is 0.490 e. The molecule has 0 radical (unpaired) electrons. The average Bonchev–Trinajstić information content (AvgIpc) is 3.41. The Labute approximate surface area is 191 Å². The maximum atomic E-state index is 12.0. The lowest BCUT2D eigenvalue weighted by Crippen LogP contribution is -2.30. The summed E-state index contributed by atoms with van der Waals surface area (Å²) in [5, 5.41) is 22.9. The van der Waals surface area contributed by atoms with E-state index in [1.165, 1.54) is 24.0 Å². The second-order valence-electron chi connectivity index (χ2n) is 7.87. The number of benzene rings is 2. The number of methoxy groups -OCH3 is 1. The minimum atomic E-state index is -0.118. The number of carbonyl (C=O) groups excluding carboxylic acids is 1. The molecule has 1 aromatic heterocycles. The summed E-state index contributed by atoms with van der Waals surface area (Å²) in [5.74, 6) is 0.450. The number of amides is 1. The fourth-order valence-corrected chi connectivity index (χ4v) is 4.82. The molecule has 1 aliphatic carbocycles. The molecule has 4 rings (SSSR count). The van der Waals surface area contributed by atoms with Gasteiger partial charge in [0.25, 0.3) is 0 Å². The molecule has 0 unspecified atom stereocenters. The zero-order valence-corrected chi connectivity index (χ0v) is 19.0. The summed E-state index contributed by atoms with van der Waals surface area (Å²) in [7, 11) is 1.51. The Morgan fingerprint density at radius 3 is 2.84 bits per heavy atom. The van der Waals surface area contributed by atoms with Gasteiger partial charge in [-0.1, -0.05) is 29.5 Å². The van der Waals surface area contributed by atoms with E-state index >= 15 is 0 Å². The van der Waals surface area contributed by atoms with E-state index in [2.05, 4.69) is 27.6 Å². The molecule has 32 heavy (non-hydrogen) atoms. The first-order valence-corrected chi connectivity index (χ1v) is 11.3. The SMILES string of the molecule is COCC(=O)N[C@@H]1CCc2c(-c3nnc(-c4ccc(OC(C)C)c(C#N)c4)s3)cccc21. The number of carbonyl (C=O) groups is 1. The van der Waals surface area contributed by atoms with Crippen LogP contribution in [0.15, 0.2) is 36.4 Å². The Morgan fingerprint density at radius 1 is 1.28 bits per heavy atom. The van der Waals surface area contributed by atoms with Crippen LogP contribution in [0.5, 0.6) is 5.75 Å². The predicted octanol–water partition coefficient (Wildman–Crippen LogP) is 4.28. The fraction of sp³-hybridized carbons (Fsp3) is 0.333. The molecule has 0 aliphatic heterocycles. The molecule has 0 spiro atoms. The second kappa shape index (κ2) is 9.47. The van der Waals surface area contributed by atoms with Gasteiger partial charge >= 0.3 is 0 Å². The first kappa shape index (κ1) is 21.9. The van der Waals surface area contributed by atoms with Crippen molar-refractivity contribution in [2.45, 2.75) is 38.8 Å². The van der Waals surface area contributed by atoms with Crippen LogP contribution in [0.1, 0.15) is 43.0 Å². The molecule has 8 heteroatoms. The second-order valence-corrected chi connectivity index (χ2v) is 8.84. The first-order chi connectivity index (χ1) is 15.5. The summed E-state index contributed by atoms with van der Waals surface area (Å²) in [5.41, 5.74) is 4.65. The van der Waals surface area contributed by atoms with E-state index in [9.17, 15) is 10.1 Å². The number of hydrogen-bond donors (Lipinski definition) is 1. The van der Waals surface area contributed by atoms with Crippen LogP contribution in [0.3, 0.4) is 0 Å². The van der Waals surface area contributed by atoms with Gasteiger partial charge in [-0.3, -0.25) is 4.79 Å².